The molecule has 0 aromatic heterocycles. The number of hydrogen-bond acceptors (Lipinski definition) is 4. The van der Waals surface area contributed by atoms with Crippen molar-refractivity contribution in [1.82, 2.24) is 14.1 Å². The smallest absolute Gasteiger partial charge is 0.243 e. The number of sulfonamides is 1. The number of amides is 1. The summed E-state index contributed by atoms with van der Waals surface area (Å²) in [6.07, 6.45) is 5.84. The molecule has 156 valence electrons. The van der Waals surface area contributed by atoms with E-state index in [1.165, 1.54) is 23.6 Å². The van der Waals surface area contributed by atoms with Crippen molar-refractivity contribution in [3.05, 3.63) is 28.7 Å². The van der Waals surface area contributed by atoms with E-state index in [9.17, 15) is 13.2 Å². The fourth-order valence-electron chi connectivity index (χ4n) is 4.19. The molecule has 1 atom stereocenters. The Hall–Kier alpha value is -0.960. The zero-order chi connectivity index (χ0) is 20.3. The molecule has 1 aliphatic carbocycles. The summed E-state index contributed by atoms with van der Waals surface area (Å²) in [6.45, 7) is 3.90. The van der Waals surface area contributed by atoms with Crippen molar-refractivity contribution in [3.63, 3.8) is 0 Å². The number of halogens is 1. The third-order valence-electron chi connectivity index (χ3n) is 6.10. The largest absolute Gasteiger partial charge is 0.341 e. The highest BCUT2D eigenvalue weighted by Crippen LogP contribution is 2.24. The number of hydrogen-bond donors (Lipinski definition) is 0. The van der Waals surface area contributed by atoms with Crippen LogP contribution in [0.5, 0.6) is 0 Å². The van der Waals surface area contributed by atoms with Crippen molar-refractivity contribution in [2.24, 2.45) is 0 Å². The second-order valence-electron chi connectivity index (χ2n) is 7.81. The highest BCUT2D eigenvalue weighted by molar-refractivity contribution is 9.10. The Kier molecular flexibility index (Phi) is 7.17. The molecule has 1 heterocycles. The summed E-state index contributed by atoms with van der Waals surface area (Å²) in [5, 5.41) is 0. The Labute approximate surface area is 177 Å². The number of piperazine rings is 1. The van der Waals surface area contributed by atoms with Crippen LogP contribution in [-0.2, 0) is 14.8 Å². The first-order chi connectivity index (χ1) is 13.3. The van der Waals surface area contributed by atoms with Gasteiger partial charge in [0.2, 0.25) is 15.9 Å². The number of benzene rings is 1. The Morgan fingerprint density at radius 3 is 2.21 bits per heavy atom. The average molecular weight is 472 g/mol. The van der Waals surface area contributed by atoms with E-state index in [2.05, 4.69) is 20.8 Å². The van der Waals surface area contributed by atoms with Crippen LogP contribution in [0, 0.1) is 0 Å². The fourth-order valence-corrected chi connectivity index (χ4v) is 5.87. The molecule has 6 nitrogen and oxygen atoms in total. The summed E-state index contributed by atoms with van der Waals surface area (Å²) in [6, 6.07) is 6.86. The van der Waals surface area contributed by atoms with Crippen LogP contribution in [0.3, 0.4) is 0 Å². The van der Waals surface area contributed by atoms with Gasteiger partial charge in [-0.15, -0.1) is 0 Å². The average Bonchev–Trinajstić information content (AvgIpc) is 2.73. The molecule has 0 radical (unpaired) electrons. The van der Waals surface area contributed by atoms with Gasteiger partial charge in [0.1, 0.15) is 0 Å². The molecule has 1 aromatic carbocycles. The Bertz CT molecular complexity index is 770. The predicted molar refractivity (Wildman–Crippen MR) is 114 cm³/mol. The molecule has 2 aliphatic rings. The maximum Gasteiger partial charge on any atom is 0.243 e. The number of likely N-dealkylation sites (N-methyl/N-ethyl adjacent to an activating group) is 1. The van der Waals surface area contributed by atoms with Crippen molar-refractivity contribution < 1.29 is 13.2 Å². The van der Waals surface area contributed by atoms with Gasteiger partial charge in [0.05, 0.1) is 10.9 Å². The van der Waals surface area contributed by atoms with Crippen molar-refractivity contribution >= 4 is 31.9 Å². The first kappa shape index (κ1) is 21.7. The molecule has 1 saturated carbocycles. The molecule has 1 aromatic rings. The van der Waals surface area contributed by atoms with Gasteiger partial charge in [0, 0.05) is 43.7 Å². The molecule has 28 heavy (non-hydrogen) atoms. The molecule has 8 heteroatoms. The van der Waals surface area contributed by atoms with E-state index in [0.29, 0.717) is 37.1 Å². The third-order valence-corrected chi connectivity index (χ3v) is 8.54. The second kappa shape index (κ2) is 9.24. The van der Waals surface area contributed by atoms with Crippen LogP contribution in [0.1, 0.15) is 39.0 Å². The minimum Gasteiger partial charge on any atom is -0.341 e. The maximum absolute atomic E-state index is 12.9. The zero-order valence-electron chi connectivity index (χ0n) is 16.7. The first-order valence-corrected chi connectivity index (χ1v) is 12.3. The standard InChI is InChI=1S/C20H30BrN3O3S/c1-16(20(25)22(2)18-6-4-3-5-7-18)23-12-14-24(15-13-23)28(26,27)19-10-8-17(21)9-11-19/h8-11,16,18H,3-7,12-15H2,1-2H3/t16-/m0/s1. The fraction of sp³-hybridized carbons (Fsp3) is 0.650. The second-order valence-corrected chi connectivity index (χ2v) is 10.7. The maximum atomic E-state index is 12.9. The minimum absolute atomic E-state index is 0.149. The molecular formula is C20H30BrN3O3S. The van der Waals surface area contributed by atoms with E-state index in [1.807, 2.05) is 18.9 Å². The third kappa shape index (κ3) is 4.78. The summed E-state index contributed by atoms with van der Waals surface area (Å²) < 4.78 is 28.1. The lowest BCUT2D eigenvalue weighted by molar-refractivity contribution is -0.138. The van der Waals surface area contributed by atoms with Crippen molar-refractivity contribution in [1.29, 1.82) is 0 Å². The van der Waals surface area contributed by atoms with E-state index in [-0.39, 0.29) is 11.9 Å². The van der Waals surface area contributed by atoms with E-state index >= 15 is 0 Å². The van der Waals surface area contributed by atoms with Gasteiger partial charge in [-0.1, -0.05) is 35.2 Å². The summed E-state index contributed by atoms with van der Waals surface area (Å²) >= 11 is 3.33. The van der Waals surface area contributed by atoms with Crippen LogP contribution in [0.25, 0.3) is 0 Å². The van der Waals surface area contributed by atoms with Gasteiger partial charge in [0.15, 0.2) is 0 Å². The molecule has 0 unspecified atom stereocenters. The molecule has 0 spiro atoms. The predicted octanol–water partition coefficient (Wildman–Crippen LogP) is 2.94. The van der Waals surface area contributed by atoms with Crippen LogP contribution in [0.4, 0.5) is 0 Å². The first-order valence-electron chi connectivity index (χ1n) is 10.1. The van der Waals surface area contributed by atoms with E-state index < -0.39 is 10.0 Å². The molecule has 1 amide bonds. The van der Waals surface area contributed by atoms with Crippen LogP contribution in [-0.4, -0.2) is 73.7 Å². The molecule has 1 aliphatic heterocycles. The van der Waals surface area contributed by atoms with E-state index in [4.69, 9.17) is 0 Å². The van der Waals surface area contributed by atoms with Crippen molar-refractivity contribution in [2.75, 3.05) is 33.2 Å². The molecule has 3 rings (SSSR count). The Morgan fingerprint density at radius 1 is 1.07 bits per heavy atom. The van der Waals surface area contributed by atoms with Gasteiger partial charge in [-0.05, 0) is 44.0 Å². The quantitative estimate of drug-likeness (QED) is 0.662. The Morgan fingerprint density at radius 2 is 1.64 bits per heavy atom. The van der Waals surface area contributed by atoms with Gasteiger partial charge in [-0.25, -0.2) is 8.42 Å². The van der Waals surface area contributed by atoms with Crippen LogP contribution < -0.4 is 0 Å². The molecule has 1 saturated heterocycles. The lowest BCUT2D eigenvalue weighted by Crippen LogP contribution is -2.56. The van der Waals surface area contributed by atoms with Gasteiger partial charge in [-0.2, -0.15) is 4.31 Å². The van der Waals surface area contributed by atoms with Crippen LogP contribution >= 0.6 is 15.9 Å². The van der Waals surface area contributed by atoms with Gasteiger partial charge >= 0.3 is 0 Å². The summed E-state index contributed by atoms with van der Waals surface area (Å²) in [4.78, 5) is 17.3. The number of nitrogens with zero attached hydrogens (tertiary/aromatic N) is 3. The normalized spacial score (nSPS) is 21.4. The lowest BCUT2D eigenvalue weighted by atomic mass is 9.94. The van der Waals surface area contributed by atoms with E-state index in [0.717, 1.165) is 17.3 Å². The summed E-state index contributed by atoms with van der Waals surface area (Å²) in [5.74, 6) is 0.149. The SMILES string of the molecule is C[C@@H](C(=O)N(C)C1CCCCC1)N1CCN(S(=O)(=O)c2ccc(Br)cc2)CC1. The highest BCUT2D eigenvalue weighted by Gasteiger charge is 2.34. The van der Waals surface area contributed by atoms with Gasteiger partial charge in [-0.3, -0.25) is 9.69 Å². The van der Waals surface area contributed by atoms with Gasteiger partial charge in [0.25, 0.3) is 0 Å². The van der Waals surface area contributed by atoms with Gasteiger partial charge < -0.3 is 4.90 Å². The monoisotopic (exact) mass is 471 g/mol. The Balaban J connectivity index is 1.58. The summed E-state index contributed by atoms with van der Waals surface area (Å²) in [7, 11) is -1.57. The highest BCUT2D eigenvalue weighted by atomic mass is 79.9. The minimum atomic E-state index is -3.49. The molecule has 0 bridgehead atoms. The van der Waals surface area contributed by atoms with Crippen molar-refractivity contribution in [3.8, 4) is 0 Å². The molecular weight excluding hydrogens is 442 g/mol. The number of carbonyl (C=O) groups is 1. The van der Waals surface area contributed by atoms with Crippen molar-refractivity contribution in [2.45, 2.75) is 56.0 Å². The molecule has 0 N–H and O–H groups in total. The van der Waals surface area contributed by atoms with Crippen LogP contribution in [0.2, 0.25) is 0 Å². The zero-order valence-corrected chi connectivity index (χ0v) is 19.1. The summed E-state index contributed by atoms with van der Waals surface area (Å²) in [5.41, 5.74) is 0. The van der Waals surface area contributed by atoms with E-state index in [1.54, 1.807) is 24.3 Å². The number of carbonyl (C=O) groups excluding carboxylic acids is 1. The van der Waals surface area contributed by atoms with Crippen LogP contribution in [0.15, 0.2) is 33.6 Å². The topological polar surface area (TPSA) is 60.9 Å². The lowest BCUT2D eigenvalue weighted by Gasteiger charge is -2.39. The molecule has 2 fully saturated rings. The number of rotatable bonds is 5.